The summed E-state index contributed by atoms with van der Waals surface area (Å²) in [6.45, 7) is 5.53. The lowest BCUT2D eigenvalue weighted by molar-refractivity contribution is 0.983. The highest BCUT2D eigenvalue weighted by Gasteiger charge is 1.65. The van der Waals surface area contributed by atoms with Gasteiger partial charge in [-0.05, 0) is 24.3 Å². The Bertz CT molecular complexity index is 178. The van der Waals surface area contributed by atoms with E-state index >= 15 is 0 Å². The van der Waals surface area contributed by atoms with Crippen LogP contribution in [0.5, 0.6) is 0 Å². The van der Waals surface area contributed by atoms with Crippen molar-refractivity contribution in [3.05, 3.63) is 12.7 Å². The van der Waals surface area contributed by atoms with Gasteiger partial charge in [-0.2, -0.15) is 0 Å². The first-order valence-electron chi connectivity index (χ1n) is 3.01. The maximum absolute atomic E-state index is 3.44. The van der Waals surface area contributed by atoms with Gasteiger partial charge in [-0.25, -0.2) is 0 Å². The first-order valence-corrected chi connectivity index (χ1v) is 3.01. The predicted molar refractivity (Wildman–Crippen MR) is 40.7 cm³/mol. The molecule has 0 saturated heterocycles. The third-order valence-electron chi connectivity index (χ3n) is 0.700. The minimum atomic E-state index is 0.936. The van der Waals surface area contributed by atoms with Crippen molar-refractivity contribution in [3.8, 4) is 23.7 Å². The van der Waals surface area contributed by atoms with Crippen LogP contribution in [0.25, 0.3) is 0 Å². The molecule has 9 heavy (non-hydrogen) atoms. The maximum Gasteiger partial charge on any atom is 0.00963 e. The molecule has 0 bridgehead atoms. The van der Waals surface area contributed by atoms with Gasteiger partial charge in [0.25, 0.3) is 0 Å². The van der Waals surface area contributed by atoms with Crippen molar-refractivity contribution in [2.45, 2.75) is 19.8 Å². The summed E-state index contributed by atoms with van der Waals surface area (Å²) in [5, 5.41) is 0. The minimum absolute atomic E-state index is 0.936. The fourth-order valence-electron chi connectivity index (χ4n) is 0.319. The molecule has 0 fully saturated rings. The average molecular weight is 118 g/mol. The Morgan fingerprint density at radius 3 is 2.78 bits per heavy atom. The molecule has 0 unspecified atom stereocenters. The summed E-state index contributed by atoms with van der Waals surface area (Å²) in [7, 11) is 0. The third-order valence-corrected chi connectivity index (χ3v) is 0.700. The van der Waals surface area contributed by atoms with E-state index in [1.54, 1.807) is 6.08 Å². The Morgan fingerprint density at radius 1 is 1.44 bits per heavy atom. The fraction of sp³-hybridized carbons (Fsp3) is 0.333. The molecular formula is C9H10. The molecule has 46 valence electrons. The second-order valence-electron chi connectivity index (χ2n) is 1.53. The van der Waals surface area contributed by atoms with E-state index in [1.165, 1.54) is 0 Å². The van der Waals surface area contributed by atoms with Crippen molar-refractivity contribution < 1.29 is 0 Å². The van der Waals surface area contributed by atoms with Gasteiger partial charge < -0.3 is 0 Å². The number of hydrogen-bond donors (Lipinski definition) is 0. The average Bonchev–Trinajstić information content (AvgIpc) is 1.89. The molecule has 0 atom stereocenters. The van der Waals surface area contributed by atoms with Crippen LogP contribution in [-0.2, 0) is 0 Å². The SMILES string of the molecule is C=CC#CC#CCCC. The molecule has 0 aliphatic rings. The third kappa shape index (κ3) is 6.86. The van der Waals surface area contributed by atoms with Gasteiger partial charge in [-0.15, -0.1) is 0 Å². The largest absolute Gasteiger partial charge is 0.0906 e. The van der Waals surface area contributed by atoms with E-state index in [1.807, 2.05) is 0 Å². The Hall–Kier alpha value is -1.14. The summed E-state index contributed by atoms with van der Waals surface area (Å²) in [6.07, 6.45) is 3.58. The predicted octanol–water partition coefficient (Wildman–Crippen LogP) is 1.98. The van der Waals surface area contributed by atoms with Crippen LogP contribution in [0.15, 0.2) is 12.7 Å². The molecule has 0 heterocycles. The molecule has 0 amide bonds. The summed E-state index contributed by atoms with van der Waals surface area (Å²) in [5.41, 5.74) is 0. The molecule has 0 aromatic rings. The standard InChI is InChI=1S/C9H10/c1-3-5-7-9-8-6-4-2/h3H,1,4,6H2,2H3. The Labute approximate surface area is 57.0 Å². The summed E-state index contributed by atoms with van der Waals surface area (Å²) < 4.78 is 0. The Morgan fingerprint density at radius 2 is 2.22 bits per heavy atom. The highest BCUT2D eigenvalue weighted by Crippen LogP contribution is 1.79. The highest BCUT2D eigenvalue weighted by atomic mass is 13.7. The summed E-state index contributed by atoms with van der Waals surface area (Å²) in [5.74, 6) is 10.9. The first kappa shape index (κ1) is 7.86. The van der Waals surface area contributed by atoms with Crippen LogP contribution in [0.4, 0.5) is 0 Å². The maximum atomic E-state index is 3.44. The van der Waals surface area contributed by atoms with Crippen LogP contribution in [-0.4, -0.2) is 0 Å². The van der Waals surface area contributed by atoms with Gasteiger partial charge >= 0.3 is 0 Å². The quantitative estimate of drug-likeness (QED) is 0.462. The zero-order valence-corrected chi connectivity index (χ0v) is 5.70. The van der Waals surface area contributed by atoms with Gasteiger partial charge in [-0.1, -0.05) is 25.3 Å². The minimum Gasteiger partial charge on any atom is -0.0906 e. The number of allylic oxidation sites excluding steroid dienone is 1. The molecule has 0 spiro atoms. The van der Waals surface area contributed by atoms with Crippen LogP contribution >= 0.6 is 0 Å². The summed E-state index contributed by atoms with van der Waals surface area (Å²) >= 11 is 0. The van der Waals surface area contributed by atoms with Crippen molar-refractivity contribution in [1.82, 2.24) is 0 Å². The van der Waals surface area contributed by atoms with Crippen molar-refractivity contribution >= 4 is 0 Å². The van der Waals surface area contributed by atoms with Gasteiger partial charge in [0, 0.05) is 6.42 Å². The number of rotatable bonds is 1. The molecule has 0 nitrogen and oxygen atoms in total. The van der Waals surface area contributed by atoms with Gasteiger partial charge in [0.2, 0.25) is 0 Å². The molecule has 0 rings (SSSR count). The van der Waals surface area contributed by atoms with Crippen LogP contribution in [0.2, 0.25) is 0 Å². The van der Waals surface area contributed by atoms with Gasteiger partial charge in [0.05, 0.1) is 0 Å². The van der Waals surface area contributed by atoms with Crippen LogP contribution in [0.3, 0.4) is 0 Å². The van der Waals surface area contributed by atoms with Crippen molar-refractivity contribution in [3.63, 3.8) is 0 Å². The molecular weight excluding hydrogens is 108 g/mol. The Balaban J connectivity index is 3.48. The number of unbranched alkanes of at least 4 members (excludes halogenated alkanes) is 1. The zero-order valence-electron chi connectivity index (χ0n) is 5.70. The van der Waals surface area contributed by atoms with Crippen LogP contribution in [0, 0.1) is 23.7 Å². The molecule has 0 aromatic heterocycles. The second kappa shape index (κ2) is 6.86. The lowest BCUT2D eigenvalue weighted by atomic mass is 10.3. The normalized spacial score (nSPS) is 5.89. The zero-order chi connectivity index (χ0) is 6.95. The van der Waals surface area contributed by atoms with Gasteiger partial charge in [-0.3, -0.25) is 0 Å². The van der Waals surface area contributed by atoms with Crippen molar-refractivity contribution in [1.29, 1.82) is 0 Å². The first-order chi connectivity index (χ1) is 4.41. The molecule has 0 aliphatic heterocycles. The topological polar surface area (TPSA) is 0 Å². The van der Waals surface area contributed by atoms with E-state index in [9.17, 15) is 0 Å². The van der Waals surface area contributed by atoms with Crippen LogP contribution in [0.1, 0.15) is 19.8 Å². The molecule has 0 aromatic carbocycles. The molecule has 0 saturated carbocycles. The van der Waals surface area contributed by atoms with Crippen LogP contribution < -0.4 is 0 Å². The van der Waals surface area contributed by atoms with E-state index in [-0.39, 0.29) is 0 Å². The lowest BCUT2D eigenvalue weighted by Gasteiger charge is -1.71. The smallest absolute Gasteiger partial charge is 0.00963 e. The van der Waals surface area contributed by atoms with E-state index in [2.05, 4.69) is 37.2 Å². The summed E-state index contributed by atoms with van der Waals surface area (Å²) in [6, 6.07) is 0. The van der Waals surface area contributed by atoms with E-state index in [0.717, 1.165) is 12.8 Å². The number of hydrogen-bond acceptors (Lipinski definition) is 0. The highest BCUT2D eigenvalue weighted by molar-refractivity contribution is 5.29. The van der Waals surface area contributed by atoms with Crippen molar-refractivity contribution in [2.24, 2.45) is 0 Å². The van der Waals surface area contributed by atoms with E-state index < -0.39 is 0 Å². The molecule has 0 N–H and O–H groups in total. The second-order valence-corrected chi connectivity index (χ2v) is 1.53. The summed E-state index contributed by atoms with van der Waals surface area (Å²) in [4.78, 5) is 0. The van der Waals surface area contributed by atoms with Crippen molar-refractivity contribution in [2.75, 3.05) is 0 Å². The van der Waals surface area contributed by atoms with Gasteiger partial charge in [0.1, 0.15) is 0 Å². The molecule has 0 aliphatic carbocycles. The van der Waals surface area contributed by atoms with E-state index in [0.29, 0.717) is 0 Å². The molecule has 0 radical (unpaired) electrons. The van der Waals surface area contributed by atoms with Gasteiger partial charge in [0.15, 0.2) is 0 Å². The van der Waals surface area contributed by atoms with E-state index in [4.69, 9.17) is 0 Å². The monoisotopic (exact) mass is 118 g/mol. The molecule has 0 heteroatoms. The lowest BCUT2D eigenvalue weighted by Crippen LogP contribution is -1.59. The fourth-order valence-corrected chi connectivity index (χ4v) is 0.319. The Kier molecular flexibility index (Phi) is 5.99.